The first kappa shape index (κ1) is 60.2. The van der Waals surface area contributed by atoms with Crippen molar-refractivity contribution in [2.75, 3.05) is 0 Å². The highest BCUT2D eigenvalue weighted by Gasteiger charge is 2.26. The maximum atomic E-state index is 7.22. The first-order chi connectivity index (χ1) is 53.0. The molecule has 500 valence electrons. The lowest BCUT2D eigenvalue weighted by atomic mass is 9.94. The van der Waals surface area contributed by atoms with Gasteiger partial charge in [-0.15, -0.1) is 0 Å². The number of furan rings is 3. The second-order valence-corrected chi connectivity index (χ2v) is 27.5. The predicted octanol–water partition coefficient (Wildman–Crippen LogP) is 25.2. The van der Waals surface area contributed by atoms with Crippen molar-refractivity contribution in [3.8, 4) is 107 Å². The van der Waals surface area contributed by atoms with Crippen LogP contribution in [0.4, 0.5) is 0 Å². The zero-order chi connectivity index (χ0) is 70.2. The summed E-state index contributed by atoms with van der Waals surface area (Å²) in [5, 5.41) is 10.6. The van der Waals surface area contributed by atoms with E-state index in [1.807, 2.05) is 121 Å². The minimum absolute atomic E-state index is 0.504. The average molecular weight is 1370 g/mol. The summed E-state index contributed by atoms with van der Waals surface area (Å²) in [5.41, 5.74) is 22.6. The molecule has 11 heteroatoms. The molecule has 22 rings (SSSR count). The van der Waals surface area contributed by atoms with E-state index in [1.165, 1.54) is 38.3 Å². The number of nitrogens with zero attached hydrogens (tertiary/aromatic N) is 8. The molecular formula is C96H58N8O3. The molecule has 0 radical (unpaired) electrons. The molecule has 1 aliphatic rings. The summed E-state index contributed by atoms with van der Waals surface area (Å²) >= 11 is 0. The van der Waals surface area contributed by atoms with Crippen LogP contribution in [-0.4, -0.2) is 39.0 Å². The lowest BCUT2D eigenvalue weighted by Gasteiger charge is -2.14. The Labute approximate surface area is 611 Å². The van der Waals surface area contributed by atoms with Crippen LogP contribution in [-0.2, 0) is 0 Å². The normalized spacial score (nSPS) is 12.6. The molecule has 11 nitrogen and oxygen atoms in total. The number of rotatable bonds is 11. The number of fused-ring (bicyclic) bond motifs is 15. The van der Waals surface area contributed by atoms with Crippen molar-refractivity contribution in [3.63, 3.8) is 0 Å². The van der Waals surface area contributed by atoms with Gasteiger partial charge in [0.15, 0.2) is 34.9 Å². The number of hydrogen-bond acceptors (Lipinski definition) is 9. The van der Waals surface area contributed by atoms with E-state index in [-0.39, 0.29) is 0 Å². The Hall–Kier alpha value is -14.4. The first-order valence-corrected chi connectivity index (χ1v) is 36.1. The summed E-state index contributed by atoms with van der Waals surface area (Å²) in [4.78, 5) is 31.9. The standard InChI is InChI=1S/C96H58N8O3/c1-6-23-57(24-7-1)91-97-92(58-25-8-2-9-26-58)101-96(100-91)72-47-46-68(90-89(72)77-54-63(45-50-84(77)107-90)67-37-21-41-85-87(67)70-36-17-19-40-82(70)105-85)62-29-20-30-64(51-62)94-98-93(59-27-10-3-11-28-59)99-95(102-94)71-38-22-42-86-88(71)76-53-61(44-49-83(76)106-86)60-43-48-79-73(52-60)75-56-80-74(55-81(75)104(79)66-33-14-5-15-34-66)69-35-16-18-39-78(69)103(80)65-31-12-4-13-32-65/h1-12,14-31,33-56H,13,32H2. The molecule has 0 saturated carbocycles. The number of para-hydroxylation sites is 3. The molecule has 0 aliphatic heterocycles. The number of benzene rings is 14. The predicted molar refractivity (Wildman–Crippen MR) is 434 cm³/mol. The fourth-order valence-corrected chi connectivity index (χ4v) is 16.4. The van der Waals surface area contributed by atoms with Crippen LogP contribution in [0.25, 0.3) is 223 Å². The molecule has 7 heterocycles. The molecule has 107 heavy (non-hydrogen) atoms. The van der Waals surface area contributed by atoms with Crippen LogP contribution in [0.15, 0.2) is 341 Å². The second-order valence-electron chi connectivity index (χ2n) is 27.5. The molecule has 0 N–H and O–H groups in total. The molecule has 0 amide bonds. The number of aromatic nitrogens is 8. The molecule has 0 atom stereocenters. The van der Waals surface area contributed by atoms with E-state index in [1.54, 1.807) is 0 Å². The van der Waals surface area contributed by atoms with Crippen LogP contribution in [0.2, 0.25) is 0 Å². The van der Waals surface area contributed by atoms with E-state index in [2.05, 4.69) is 215 Å². The van der Waals surface area contributed by atoms with Gasteiger partial charge in [-0.05, 0) is 150 Å². The largest absolute Gasteiger partial charge is 0.456 e. The third kappa shape index (κ3) is 9.82. The van der Waals surface area contributed by atoms with Crippen LogP contribution in [0.5, 0.6) is 0 Å². The molecule has 0 bridgehead atoms. The zero-order valence-electron chi connectivity index (χ0n) is 57.4. The first-order valence-electron chi connectivity index (χ1n) is 36.1. The Balaban J connectivity index is 0.699. The molecule has 7 aromatic heterocycles. The van der Waals surface area contributed by atoms with Crippen molar-refractivity contribution in [3.05, 3.63) is 328 Å². The summed E-state index contributed by atoms with van der Waals surface area (Å²) in [6.45, 7) is 0. The summed E-state index contributed by atoms with van der Waals surface area (Å²) in [6, 6.07) is 108. The smallest absolute Gasteiger partial charge is 0.164 e. The summed E-state index contributed by atoms with van der Waals surface area (Å²) in [5.74, 6) is 3.19. The lowest BCUT2D eigenvalue weighted by molar-refractivity contribution is 0.668. The third-order valence-corrected chi connectivity index (χ3v) is 21.3. The highest BCUT2D eigenvalue weighted by Crippen LogP contribution is 2.48. The highest BCUT2D eigenvalue weighted by atomic mass is 16.3. The summed E-state index contributed by atoms with van der Waals surface area (Å²) in [6.07, 6.45) is 8.71. The molecule has 0 fully saturated rings. The Morgan fingerprint density at radius 2 is 0.701 bits per heavy atom. The minimum atomic E-state index is 0.504. The monoisotopic (exact) mass is 1370 g/mol. The van der Waals surface area contributed by atoms with E-state index in [0.717, 1.165) is 151 Å². The summed E-state index contributed by atoms with van der Waals surface area (Å²) < 4.78 is 25.4. The van der Waals surface area contributed by atoms with Crippen molar-refractivity contribution in [1.82, 2.24) is 39.0 Å². The lowest BCUT2D eigenvalue weighted by Crippen LogP contribution is -2.01. The topological polar surface area (TPSA) is 127 Å². The van der Waals surface area contributed by atoms with Crippen LogP contribution in [0.3, 0.4) is 0 Å². The molecule has 0 saturated heterocycles. The minimum Gasteiger partial charge on any atom is -0.456 e. The Bertz CT molecular complexity index is 7250. The Morgan fingerprint density at radius 3 is 1.38 bits per heavy atom. The van der Waals surface area contributed by atoms with Crippen LogP contribution >= 0.6 is 0 Å². The van der Waals surface area contributed by atoms with E-state index >= 15 is 0 Å². The van der Waals surface area contributed by atoms with Gasteiger partial charge in [0.05, 0.1) is 22.1 Å². The van der Waals surface area contributed by atoms with Gasteiger partial charge in [-0.2, -0.15) is 0 Å². The fourth-order valence-electron chi connectivity index (χ4n) is 16.4. The molecule has 14 aromatic carbocycles. The van der Waals surface area contributed by atoms with Gasteiger partial charge >= 0.3 is 0 Å². The van der Waals surface area contributed by atoms with E-state index in [9.17, 15) is 0 Å². The van der Waals surface area contributed by atoms with Gasteiger partial charge in [-0.1, -0.05) is 218 Å². The van der Waals surface area contributed by atoms with Crippen LogP contribution in [0, 0.1) is 0 Å². The molecular weight excluding hydrogens is 1310 g/mol. The summed E-state index contributed by atoms with van der Waals surface area (Å²) in [7, 11) is 0. The van der Waals surface area contributed by atoms with E-state index in [4.69, 9.17) is 43.2 Å². The SMILES string of the molecule is C1=CCCC(n2c3ccccc3c3cc4c(cc32)c2cc(-c3ccc5oc6cccc(-c7nc(-c8ccccc8)nc(-c8cccc(-c9ccc(-c%10nc(-c%11ccccc%11)nc(-c%11ccccc%11)n%10)c%10c9oc9ccc(-c%11cccc%12oc%13ccccc%13c%11%12)cc9%10)c8)n7)c6c5c3)ccc2n4-c2ccccc2)=C1. The van der Waals surface area contributed by atoms with E-state index in [0.29, 0.717) is 46.1 Å². The van der Waals surface area contributed by atoms with Gasteiger partial charge < -0.3 is 22.4 Å². The molecule has 0 unspecified atom stereocenters. The number of allylic oxidation sites excluding steroid dienone is 4. The maximum Gasteiger partial charge on any atom is 0.164 e. The second kappa shape index (κ2) is 24.1. The molecule has 1 aliphatic carbocycles. The van der Waals surface area contributed by atoms with Crippen LogP contribution in [0.1, 0.15) is 12.8 Å². The quantitative estimate of drug-likeness (QED) is 0.124. The third-order valence-electron chi connectivity index (χ3n) is 21.3. The Kier molecular flexibility index (Phi) is 13.6. The van der Waals surface area contributed by atoms with Crippen molar-refractivity contribution >= 4 is 115 Å². The van der Waals surface area contributed by atoms with Crippen molar-refractivity contribution in [2.24, 2.45) is 0 Å². The van der Waals surface area contributed by atoms with Crippen LogP contribution < -0.4 is 0 Å². The van der Waals surface area contributed by atoms with Crippen molar-refractivity contribution < 1.29 is 13.3 Å². The number of hydrogen-bond donors (Lipinski definition) is 0. The van der Waals surface area contributed by atoms with Gasteiger partial charge in [0.25, 0.3) is 0 Å². The Morgan fingerprint density at radius 1 is 0.252 bits per heavy atom. The van der Waals surface area contributed by atoms with Gasteiger partial charge in [-0.25, -0.2) is 29.9 Å². The van der Waals surface area contributed by atoms with Gasteiger partial charge in [0.1, 0.15) is 33.5 Å². The van der Waals surface area contributed by atoms with Gasteiger partial charge in [0, 0.05) is 104 Å². The van der Waals surface area contributed by atoms with Crippen molar-refractivity contribution in [1.29, 1.82) is 0 Å². The van der Waals surface area contributed by atoms with Gasteiger partial charge in [0.2, 0.25) is 0 Å². The fraction of sp³-hybridized carbons (Fsp3) is 0.0208. The maximum absolute atomic E-state index is 7.22. The van der Waals surface area contributed by atoms with Crippen molar-refractivity contribution in [2.45, 2.75) is 12.8 Å². The van der Waals surface area contributed by atoms with Gasteiger partial charge in [-0.3, -0.25) is 0 Å². The molecule has 21 aromatic rings. The zero-order valence-corrected chi connectivity index (χ0v) is 57.4. The highest BCUT2D eigenvalue weighted by molar-refractivity contribution is 6.22. The van der Waals surface area contributed by atoms with E-state index < -0.39 is 0 Å². The molecule has 0 spiro atoms. The average Bonchev–Trinajstić information content (AvgIpc) is 1.57.